The molecule has 0 aliphatic heterocycles. The molecule has 0 amide bonds. The molecule has 0 spiro atoms. The first-order chi connectivity index (χ1) is 6.99. The second kappa shape index (κ2) is 6.35. The normalized spacial score (nSPS) is 10.5. The highest BCUT2D eigenvalue weighted by Crippen LogP contribution is 2.43. The van der Waals surface area contributed by atoms with Crippen molar-refractivity contribution in [2.45, 2.75) is 0 Å². The van der Waals surface area contributed by atoms with Crippen LogP contribution >= 0.6 is 79.9 Å². The van der Waals surface area contributed by atoms with Crippen LogP contribution in [-0.4, -0.2) is 18.3 Å². The molecule has 0 fully saturated rings. The smallest absolute Gasteiger partial charge is 0.0637 e. The zero-order valence-corrected chi connectivity index (χ0v) is 15.2. The highest BCUT2D eigenvalue weighted by molar-refractivity contribution is 9.15. The predicted octanol–water partition coefficient (Wildman–Crippen LogP) is 4.85. The standard InChI is InChI=1S/C8H6Br5NO/c9-4-3-5(14(13)1-2-15)7(11)8(12)6(4)10/h3,15H,1-2H2. The van der Waals surface area contributed by atoms with Crippen LogP contribution in [0.4, 0.5) is 5.69 Å². The molecule has 1 N–H and O–H groups in total. The zero-order chi connectivity index (χ0) is 11.6. The molecular formula is C8H6Br5NO. The summed E-state index contributed by atoms with van der Waals surface area (Å²) in [6.07, 6.45) is 0. The van der Waals surface area contributed by atoms with Crippen molar-refractivity contribution in [2.75, 3.05) is 17.1 Å². The number of nitrogens with zero attached hydrogens (tertiary/aromatic N) is 1. The molecule has 0 atom stereocenters. The predicted molar refractivity (Wildman–Crippen MR) is 80.6 cm³/mol. The SMILES string of the molecule is OCCN(Br)c1cc(Br)c(Br)c(Br)c1Br. The first-order valence-corrected chi connectivity index (χ1v) is 7.74. The topological polar surface area (TPSA) is 23.5 Å². The number of aliphatic hydroxyl groups excluding tert-OH is 1. The fraction of sp³-hybridized carbons (Fsp3) is 0.250. The van der Waals surface area contributed by atoms with Crippen LogP contribution in [-0.2, 0) is 0 Å². The van der Waals surface area contributed by atoms with E-state index in [-0.39, 0.29) is 6.61 Å². The lowest BCUT2D eigenvalue weighted by molar-refractivity contribution is 0.308. The summed E-state index contributed by atoms with van der Waals surface area (Å²) >= 11 is 17.2. The van der Waals surface area contributed by atoms with Gasteiger partial charge in [0.1, 0.15) is 0 Å². The molecule has 0 unspecified atom stereocenters. The maximum Gasteiger partial charge on any atom is 0.0637 e. The Morgan fingerprint density at radius 1 is 1.07 bits per heavy atom. The van der Waals surface area contributed by atoms with E-state index in [1.165, 1.54) is 0 Å². The summed E-state index contributed by atoms with van der Waals surface area (Å²) in [5.41, 5.74) is 0.936. The van der Waals surface area contributed by atoms with E-state index in [1.807, 2.05) is 6.07 Å². The summed E-state index contributed by atoms with van der Waals surface area (Å²) in [6, 6.07) is 1.95. The minimum absolute atomic E-state index is 0.0863. The van der Waals surface area contributed by atoms with Gasteiger partial charge in [-0.3, -0.25) is 0 Å². The maximum atomic E-state index is 8.86. The summed E-state index contributed by atoms with van der Waals surface area (Å²) in [5.74, 6) is 0. The number of hydrogen-bond donors (Lipinski definition) is 1. The van der Waals surface area contributed by atoms with Crippen LogP contribution in [0.5, 0.6) is 0 Å². The van der Waals surface area contributed by atoms with Gasteiger partial charge in [-0.1, -0.05) is 0 Å². The molecule has 84 valence electrons. The molecule has 1 rings (SSSR count). The van der Waals surface area contributed by atoms with Crippen molar-refractivity contribution < 1.29 is 5.11 Å². The molecular weight excluding hydrogens is 526 g/mol. The van der Waals surface area contributed by atoms with E-state index in [2.05, 4.69) is 79.9 Å². The molecule has 0 saturated carbocycles. The van der Waals surface area contributed by atoms with E-state index >= 15 is 0 Å². The Kier molecular flexibility index (Phi) is 6.11. The summed E-state index contributed by atoms with van der Waals surface area (Å²) in [4.78, 5) is 0. The third-order valence-electron chi connectivity index (χ3n) is 1.64. The number of hydrogen-bond acceptors (Lipinski definition) is 2. The van der Waals surface area contributed by atoms with Gasteiger partial charge in [0.05, 0.1) is 23.3 Å². The van der Waals surface area contributed by atoms with Gasteiger partial charge in [-0.05, 0) is 69.8 Å². The van der Waals surface area contributed by atoms with E-state index in [0.717, 1.165) is 23.6 Å². The molecule has 0 aliphatic carbocycles. The lowest BCUT2D eigenvalue weighted by Gasteiger charge is -2.18. The highest BCUT2D eigenvalue weighted by atomic mass is 79.9. The van der Waals surface area contributed by atoms with Gasteiger partial charge in [0, 0.05) is 29.6 Å². The van der Waals surface area contributed by atoms with Crippen LogP contribution in [0.25, 0.3) is 0 Å². The Morgan fingerprint density at radius 2 is 1.67 bits per heavy atom. The van der Waals surface area contributed by atoms with Gasteiger partial charge in [0.15, 0.2) is 0 Å². The van der Waals surface area contributed by atoms with E-state index in [9.17, 15) is 0 Å². The molecule has 0 radical (unpaired) electrons. The van der Waals surface area contributed by atoms with Crippen LogP contribution in [0.1, 0.15) is 0 Å². The van der Waals surface area contributed by atoms with Crippen LogP contribution in [0, 0.1) is 0 Å². The Labute approximate surface area is 130 Å². The summed E-state index contributed by atoms with van der Waals surface area (Å²) < 4.78 is 5.52. The molecule has 2 nitrogen and oxygen atoms in total. The number of rotatable bonds is 3. The first kappa shape index (κ1) is 14.4. The maximum absolute atomic E-state index is 8.86. The molecule has 0 saturated heterocycles. The minimum Gasteiger partial charge on any atom is -0.394 e. The van der Waals surface area contributed by atoms with E-state index < -0.39 is 0 Å². The largest absolute Gasteiger partial charge is 0.394 e. The molecule has 7 heteroatoms. The first-order valence-electron chi connectivity index (χ1n) is 3.86. The van der Waals surface area contributed by atoms with Crippen molar-refractivity contribution in [2.24, 2.45) is 0 Å². The Balaban J connectivity index is 3.19. The Hall–Kier alpha value is 1.38. The molecule has 0 aliphatic rings. The second-order valence-corrected chi connectivity index (χ2v) is 6.72. The van der Waals surface area contributed by atoms with Gasteiger partial charge in [0.2, 0.25) is 0 Å². The second-order valence-electron chi connectivity index (χ2n) is 2.63. The summed E-state index contributed by atoms with van der Waals surface area (Å²) in [5, 5.41) is 8.86. The number of halogens is 5. The molecule has 1 aromatic carbocycles. The van der Waals surface area contributed by atoms with E-state index in [4.69, 9.17) is 5.11 Å². The van der Waals surface area contributed by atoms with Gasteiger partial charge in [-0.2, -0.15) is 0 Å². The van der Waals surface area contributed by atoms with Gasteiger partial charge >= 0.3 is 0 Å². The summed E-state index contributed by atoms with van der Waals surface area (Å²) in [6.45, 7) is 0.599. The molecule has 0 aromatic heterocycles. The highest BCUT2D eigenvalue weighted by Gasteiger charge is 2.15. The zero-order valence-electron chi connectivity index (χ0n) is 7.28. The van der Waals surface area contributed by atoms with Gasteiger partial charge < -0.3 is 9.03 Å². The minimum atomic E-state index is 0.0863. The number of benzene rings is 1. The molecule has 15 heavy (non-hydrogen) atoms. The van der Waals surface area contributed by atoms with Crippen molar-refractivity contribution >= 4 is 85.6 Å². The van der Waals surface area contributed by atoms with Crippen LogP contribution in [0.3, 0.4) is 0 Å². The van der Waals surface area contributed by atoms with Crippen LogP contribution in [0.15, 0.2) is 24.0 Å². The fourth-order valence-corrected chi connectivity index (χ4v) is 3.82. The van der Waals surface area contributed by atoms with Crippen LogP contribution < -0.4 is 3.93 Å². The van der Waals surface area contributed by atoms with Gasteiger partial charge in [-0.15, -0.1) is 0 Å². The van der Waals surface area contributed by atoms with E-state index in [0.29, 0.717) is 6.54 Å². The summed E-state index contributed by atoms with van der Waals surface area (Å²) in [7, 11) is 0. The lowest BCUT2D eigenvalue weighted by Crippen LogP contribution is -2.15. The quantitative estimate of drug-likeness (QED) is 0.343. The number of aliphatic hydroxyl groups is 1. The van der Waals surface area contributed by atoms with Crippen molar-refractivity contribution in [1.29, 1.82) is 0 Å². The van der Waals surface area contributed by atoms with Crippen molar-refractivity contribution in [3.63, 3.8) is 0 Å². The monoisotopic (exact) mass is 527 g/mol. The molecule has 0 bridgehead atoms. The van der Waals surface area contributed by atoms with Crippen molar-refractivity contribution in [3.8, 4) is 0 Å². The van der Waals surface area contributed by atoms with Gasteiger partial charge in [0.25, 0.3) is 0 Å². The Bertz CT molecular complexity index is 371. The molecule has 0 heterocycles. The van der Waals surface area contributed by atoms with Crippen molar-refractivity contribution in [3.05, 3.63) is 24.0 Å². The fourth-order valence-electron chi connectivity index (χ4n) is 0.945. The average molecular weight is 532 g/mol. The van der Waals surface area contributed by atoms with E-state index in [1.54, 1.807) is 3.93 Å². The molecule has 1 aromatic rings. The lowest BCUT2D eigenvalue weighted by atomic mass is 10.3. The number of anilines is 1. The average Bonchev–Trinajstić information content (AvgIpc) is 2.20. The third kappa shape index (κ3) is 3.42. The van der Waals surface area contributed by atoms with Crippen LogP contribution in [0.2, 0.25) is 0 Å². The van der Waals surface area contributed by atoms with Crippen molar-refractivity contribution in [1.82, 2.24) is 0 Å². The Morgan fingerprint density at radius 3 is 2.20 bits per heavy atom. The third-order valence-corrected chi connectivity index (χ3v) is 7.02. The van der Waals surface area contributed by atoms with Gasteiger partial charge in [-0.25, -0.2) is 0 Å².